The number of H-pyrrole nitrogens is 1. The zero-order valence-corrected chi connectivity index (χ0v) is 18.3. The lowest BCUT2D eigenvalue weighted by Gasteiger charge is -2.29. The Labute approximate surface area is 192 Å². The summed E-state index contributed by atoms with van der Waals surface area (Å²) in [6.07, 6.45) is 3.72. The molecular formula is C25H28N4O4. The molecule has 8 heteroatoms. The van der Waals surface area contributed by atoms with E-state index in [1.54, 1.807) is 0 Å². The van der Waals surface area contributed by atoms with Crippen LogP contribution in [0.25, 0.3) is 10.9 Å². The molecule has 1 aromatic heterocycles. The quantitative estimate of drug-likeness (QED) is 0.377. The van der Waals surface area contributed by atoms with E-state index < -0.39 is 18.2 Å². The Kier molecular flexibility index (Phi) is 7.24. The summed E-state index contributed by atoms with van der Waals surface area (Å²) in [5.74, 6) is -0.345. The Morgan fingerprint density at radius 3 is 2.48 bits per heavy atom. The number of nitrogens with one attached hydrogen (secondary N) is 4. The van der Waals surface area contributed by atoms with Crippen molar-refractivity contribution >= 4 is 28.8 Å². The number of aromatic nitrogens is 1. The van der Waals surface area contributed by atoms with Gasteiger partial charge in [0.05, 0.1) is 0 Å². The molecule has 0 bridgehead atoms. The monoisotopic (exact) mass is 448 g/mol. The number of hydrogen-bond donors (Lipinski definition) is 4. The third kappa shape index (κ3) is 5.91. The summed E-state index contributed by atoms with van der Waals surface area (Å²) in [5, 5.41) is 9.45. The van der Waals surface area contributed by atoms with Gasteiger partial charge in [-0.3, -0.25) is 9.59 Å². The number of benzene rings is 2. The van der Waals surface area contributed by atoms with Crippen LogP contribution in [0.5, 0.6) is 0 Å². The molecule has 0 radical (unpaired) electrons. The highest BCUT2D eigenvalue weighted by molar-refractivity contribution is 5.97. The lowest BCUT2D eigenvalue weighted by molar-refractivity contribution is -0.136. The Bertz CT molecular complexity index is 1110. The Hall–Kier alpha value is -3.81. The molecule has 3 amide bonds. The highest BCUT2D eigenvalue weighted by Gasteiger charge is 2.33. The van der Waals surface area contributed by atoms with Gasteiger partial charge in [-0.1, -0.05) is 48.5 Å². The van der Waals surface area contributed by atoms with Gasteiger partial charge < -0.3 is 25.7 Å². The van der Waals surface area contributed by atoms with Crippen molar-refractivity contribution in [2.75, 3.05) is 6.54 Å². The highest BCUT2D eigenvalue weighted by atomic mass is 16.5. The van der Waals surface area contributed by atoms with Crippen LogP contribution >= 0.6 is 0 Å². The fraction of sp³-hybridized carbons (Fsp3) is 0.320. The molecule has 4 N–H and O–H groups in total. The topological polar surface area (TPSA) is 112 Å². The first kappa shape index (κ1) is 22.4. The predicted octanol–water partition coefficient (Wildman–Crippen LogP) is 2.79. The minimum Gasteiger partial charge on any atom is -0.445 e. The van der Waals surface area contributed by atoms with Crippen molar-refractivity contribution in [3.8, 4) is 0 Å². The molecule has 1 aliphatic rings. The average Bonchev–Trinajstić information content (AvgIpc) is 3.24. The third-order valence-electron chi connectivity index (χ3n) is 5.77. The molecule has 0 unspecified atom stereocenters. The SMILES string of the molecule is O=C(NCCCC[C@@H]1NC(=O)[C@H](Cc2c[nH]c3ccccc23)NC1=O)OCc1ccccc1. The largest absolute Gasteiger partial charge is 0.445 e. The number of carbonyl (C=O) groups is 3. The van der Waals surface area contributed by atoms with Crippen molar-refractivity contribution in [3.63, 3.8) is 0 Å². The number of unbranched alkanes of at least 4 members (excludes halogenated alkanes) is 1. The first-order valence-electron chi connectivity index (χ1n) is 11.2. The number of hydrogen-bond acceptors (Lipinski definition) is 4. The van der Waals surface area contributed by atoms with Crippen LogP contribution in [0.4, 0.5) is 4.79 Å². The summed E-state index contributed by atoms with van der Waals surface area (Å²) in [6, 6.07) is 16.2. The van der Waals surface area contributed by atoms with Gasteiger partial charge in [0, 0.05) is 30.1 Å². The lowest BCUT2D eigenvalue weighted by atomic mass is 9.99. The smallest absolute Gasteiger partial charge is 0.407 e. The second-order valence-corrected chi connectivity index (χ2v) is 8.17. The van der Waals surface area contributed by atoms with Crippen molar-refractivity contribution in [1.82, 2.24) is 20.9 Å². The van der Waals surface area contributed by atoms with Crippen molar-refractivity contribution in [2.45, 2.75) is 44.4 Å². The Morgan fingerprint density at radius 2 is 1.64 bits per heavy atom. The van der Waals surface area contributed by atoms with E-state index in [2.05, 4.69) is 20.9 Å². The maximum atomic E-state index is 12.6. The van der Waals surface area contributed by atoms with Gasteiger partial charge in [-0.25, -0.2) is 4.79 Å². The van der Waals surface area contributed by atoms with Crippen LogP contribution in [0.1, 0.15) is 30.4 Å². The van der Waals surface area contributed by atoms with Crippen LogP contribution in [0, 0.1) is 0 Å². The number of fused-ring (bicyclic) bond motifs is 1. The average molecular weight is 449 g/mol. The molecule has 4 rings (SSSR count). The first-order valence-corrected chi connectivity index (χ1v) is 11.2. The zero-order chi connectivity index (χ0) is 23.0. The van der Waals surface area contributed by atoms with E-state index in [1.807, 2.05) is 60.8 Å². The second-order valence-electron chi connectivity index (χ2n) is 8.17. The minimum absolute atomic E-state index is 0.172. The fourth-order valence-electron chi connectivity index (χ4n) is 3.98. The number of rotatable bonds is 9. The molecule has 2 aromatic carbocycles. The van der Waals surface area contributed by atoms with Gasteiger partial charge in [-0.15, -0.1) is 0 Å². The van der Waals surface area contributed by atoms with Crippen LogP contribution in [-0.4, -0.2) is 41.5 Å². The number of amides is 3. The van der Waals surface area contributed by atoms with Gasteiger partial charge in [0.25, 0.3) is 0 Å². The fourth-order valence-corrected chi connectivity index (χ4v) is 3.98. The van der Waals surface area contributed by atoms with Crippen LogP contribution < -0.4 is 16.0 Å². The number of para-hydroxylation sites is 1. The number of ether oxygens (including phenoxy) is 1. The molecule has 2 heterocycles. The molecular weight excluding hydrogens is 420 g/mol. The van der Waals surface area contributed by atoms with Crippen molar-refractivity contribution in [2.24, 2.45) is 0 Å². The summed E-state index contributed by atoms with van der Waals surface area (Å²) >= 11 is 0. The molecule has 0 spiro atoms. The number of piperazine rings is 1. The maximum Gasteiger partial charge on any atom is 0.407 e. The van der Waals surface area contributed by atoms with E-state index in [0.717, 1.165) is 22.0 Å². The second kappa shape index (κ2) is 10.7. The zero-order valence-electron chi connectivity index (χ0n) is 18.3. The van der Waals surface area contributed by atoms with Crippen LogP contribution in [0.2, 0.25) is 0 Å². The summed E-state index contributed by atoms with van der Waals surface area (Å²) < 4.78 is 5.16. The molecule has 1 fully saturated rings. The molecule has 1 saturated heterocycles. The summed E-state index contributed by atoms with van der Waals surface area (Å²) in [4.78, 5) is 40.0. The Morgan fingerprint density at radius 1 is 0.909 bits per heavy atom. The van der Waals surface area contributed by atoms with Gasteiger partial charge in [0.1, 0.15) is 18.7 Å². The van der Waals surface area contributed by atoms with E-state index in [-0.39, 0.29) is 18.4 Å². The lowest BCUT2D eigenvalue weighted by Crippen LogP contribution is -2.62. The molecule has 172 valence electrons. The first-order chi connectivity index (χ1) is 16.1. The summed E-state index contributed by atoms with van der Waals surface area (Å²) in [6.45, 7) is 0.666. The van der Waals surface area contributed by atoms with Crippen molar-refractivity contribution < 1.29 is 19.1 Å². The molecule has 1 aliphatic heterocycles. The van der Waals surface area contributed by atoms with Crippen molar-refractivity contribution in [3.05, 3.63) is 71.9 Å². The normalized spacial score (nSPS) is 17.9. The Balaban J connectivity index is 1.15. The van der Waals surface area contributed by atoms with Crippen LogP contribution in [-0.2, 0) is 27.4 Å². The predicted molar refractivity (Wildman–Crippen MR) is 124 cm³/mol. The molecule has 3 aromatic rings. The summed E-state index contributed by atoms with van der Waals surface area (Å²) in [5.41, 5.74) is 2.93. The van der Waals surface area contributed by atoms with E-state index in [1.165, 1.54) is 0 Å². The van der Waals surface area contributed by atoms with Gasteiger partial charge in [-0.05, 0) is 36.5 Å². The third-order valence-corrected chi connectivity index (χ3v) is 5.77. The molecule has 0 saturated carbocycles. The number of alkyl carbamates (subject to hydrolysis) is 1. The summed E-state index contributed by atoms with van der Waals surface area (Å²) in [7, 11) is 0. The maximum absolute atomic E-state index is 12.6. The van der Waals surface area contributed by atoms with Gasteiger partial charge in [0.2, 0.25) is 11.8 Å². The molecule has 0 aliphatic carbocycles. The van der Waals surface area contributed by atoms with E-state index >= 15 is 0 Å². The highest BCUT2D eigenvalue weighted by Crippen LogP contribution is 2.20. The van der Waals surface area contributed by atoms with Gasteiger partial charge >= 0.3 is 6.09 Å². The molecule has 33 heavy (non-hydrogen) atoms. The van der Waals surface area contributed by atoms with E-state index in [9.17, 15) is 14.4 Å². The molecule has 2 atom stereocenters. The standard InChI is InChI=1S/C25H28N4O4/c30-23-21(12-6-7-13-26-25(32)33-16-17-8-2-1-3-9-17)28-24(31)22(29-23)14-18-15-27-20-11-5-4-10-19(18)20/h1-5,8-11,15,21-22,27H,6-7,12-14,16H2,(H,26,32)(H,28,31)(H,29,30)/t21-,22-/m0/s1. The van der Waals surface area contributed by atoms with Gasteiger partial charge in [-0.2, -0.15) is 0 Å². The van der Waals surface area contributed by atoms with Gasteiger partial charge in [0.15, 0.2) is 0 Å². The van der Waals surface area contributed by atoms with Crippen molar-refractivity contribution in [1.29, 1.82) is 0 Å². The van der Waals surface area contributed by atoms with Crippen LogP contribution in [0.15, 0.2) is 60.8 Å². The van der Waals surface area contributed by atoms with E-state index in [4.69, 9.17) is 4.74 Å². The van der Waals surface area contributed by atoms with E-state index in [0.29, 0.717) is 32.2 Å². The van der Waals surface area contributed by atoms with Crippen LogP contribution in [0.3, 0.4) is 0 Å². The minimum atomic E-state index is -0.589. The molecule has 8 nitrogen and oxygen atoms in total. The number of aromatic amines is 1. The number of carbonyl (C=O) groups excluding carboxylic acids is 3.